The van der Waals surface area contributed by atoms with Crippen LogP contribution in [-0.4, -0.2) is 30.1 Å². The maximum absolute atomic E-state index is 10.9. The van der Waals surface area contributed by atoms with Crippen molar-refractivity contribution in [3.8, 4) is 0 Å². The Bertz CT molecular complexity index is 177. The lowest BCUT2D eigenvalue weighted by molar-refractivity contribution is -0.179. The summed E-state index contributed by atoms with van der Waals surface area (Å²) in [4.78, 5) is 10.9. The number of aliphatic hydroxyl groups is 1. The van der Waals surface area contributed by atoms with Gasteiger partial charge in [0.1, 0.15) is 0 Å². The number of carbonyl (C=O) groups excluding carboxylic acids is 1. The zero-order chi connectivity index (χ0) is 11.0. The number of esters is 1. The molecule has 0 amide bonds. The van der Waals surface area contributed by atoms with Gasteiger partial charge in [0, 0.05) is 12.5 Å². The van der Waals surface area contributed by atoms with Gasteiger partial charge in [-0.05, 0) is 6.92 Å². The molecule has 0 aliphatic rings. The predicted molar refractivity (Wildman–Crippen MR) is 52.6 cm³/mol. The third kappa shape index (κ3) is 6.62. The van der Waals surface area contributed by atoms with E-state index in [1.54, 1.807) is 6.92 Å². The molecule has 0 aliphatic carbocycles. The summed E-state index contributed by atoms with van der Waals surface area (Å²) < 4.78 is 10.1. The lowest BCUT2D eigenvalue weighted by Gasteiger charge is -2.17. The number of ether oxygens (including phenoxy) is 2. The van der Waals surface area contributed by atoms with Crippen molar-refractivity contribution in [2.45, 2.75) is 39.1 Å². The van der Waals surface area contributed by atoms with Crippen LogP contribution in [0.5, 0.6) is 0 Å². The van der Waals surface area contributed by atoms with Crippen molar-refractivity contribution in [3.05, 3.63) is 12.7 Å². The summed E-state index contributed by atoms with van der Waals surface area (Å²) in [5.74, 6) is -0.506. The molecule has 4 heteroatoms. The number of aliphatic hydroxyl groups excluding tert-OH is 1. The molecule has 14 heavy (non-hydrogen) atoms. The van der Waals surface area contributed by atoms with Crippen molar-refractivity contribution in [2.24, 2.45) is 0 Å². The fourth-order valence-corrected chi connectivity index (χ4v) is 0.836. The number of rotatable bonds is 7. The van der Waals surface area contributed by atoms with Crippen LogP contribution in [0.4, 0.5) is 0 Å². The minimum Gasteiger partial charge on any atom is -0.433 e. The summed E-state index contributed by atoms with van der Waals surface area (Å²) >= 11 is 0. The van der Waals surface area contributed by atoms with E-state index in [1.807, 2.05) is 6.92 Å². The average Bonchev–Trinajstić information content (AvgIpc) is 2.14. The van der Waals surface area contributed by atoms with E-state index in [4.69, 9.17) is 14.6 Å². The van der Waals surface area contributed by atoms with Gasteiger partial charge in [0.05, 0.1) is 12.7 Å². The van der Waals surface area contributed by atoms with Gasteiger partial charge in [-0.3, -0.25) is 0 Å². The van der Waals surface area contributed by atoms with Crippen molar-refractivity contribution >= 4 is 5.97 Å². The van der Waals surface area contributed by atoms with Gasteiger partial charge in [0.25, 0.3) is 0 Å². The van der Waals surface area contributed by atoms with E-state index in [0.29, 0.717) is 6.42 Å². The van der Waals surface area contributed by atoms with Gasteiger partial charge in [-0.1, -0.05) is 19.9 Å². The van der Waals surface area contributed by atoms with Crippen molar-refractivity contribution in [1.82, 2.24) is 0 Å². The second-order valence-corrected chi connectivity index (χ2v) is 3.04. The van der Waals surface area contributed by atoms with Gasteiger partial charge in [0.2, 0.25) is 6.29 Å². The highest BCUT2D eigenvalue weighted by Gasteiger charge is 2.12. The van der Waals surface area contributed by atoms with Crippen LogP contribution in [0.1, 0.15) is 26.7 Å². The Hall–Kier alpha value is -0.870. The average molecular weight is 202 g/mol. The highest BCUT2D eigenvalue weighted by Crippen LogP contribution is 2.05. The van der Waals surface area contributed by atoms with Gasteiger partial charge in [-0.25, -0.2) is 4.79 Å². The quantitative estimate of drug-likeness (QED) is 0.383. The Labute approximate surface area is 84.5 Å². The molecule has 0 saturated carbocycles. The SMILES string of the molecule is C=CC(=O)OC(CCC)OCC(C)O. The van der Waals surface area contributed by atoms with E-state index in [0.717, 1.165) is 12.5 Å². The van der Waals surface area contributed by atoms with E-state index in [9.17, 15) is 4.79 Å². The zero-order valence-corrected chi connectivity index (χ0v) is 8.73. The Balaban J connectivity index is 3.88. The van der Waals surface area contributed by atoms with Crippen LogP contribution in [0.3, 0.4) is 0 Å². The molecule has 0 aromatic heterocycles. The van der Waals surface area contributed by atoms with E-state index >= 15 is 0 Å². The first-order chi connectivity index (χ1) is 6.60. The third-order valence-corrected chi connectivity index (χ3v) is 1.46. The molecular weight excluding hydrogens is 184 g/mol. The first-order valence-electron chi connectivity index (χ1n) is 4.72. The molecule has 0 spiro atoms. The smallest absolute Gasteiger partial charge is 0.332 e. The highest BCUT2D eigenvalue weighted by molar-refractivity contribution is 5.81. The standard InChI is InChI=1S/C10H18O4/c1-4-6-10(13-7-8(3)11)14-9(12)5-2/h5,8,10-11H,2,4,6-7H2,1,3H3. The summed E-state index contributed by atoms with van der Waals surface area (Å²) in [5.41, 5.74) is 0. The maximum Gasteiger partial charge on any atom is 0.332 e. The van der Waals surface area contributed by atoms with Crippen LogP contribution < -0.4 is 0 Å². The highest BCUT2D eigenvalue weighted by atomic mass is 16.7. The molecule has 0 rings (SSSR count). The lowest BCUT2D eigenvalue weighted by atomic mass is 10.3. The minimum atomic E-state index is -0.583. The van der Waals surface area contributed by atoms with Gasteiger partial charge >= 0.3 is 5.97 Å². The second-order valence-electron chi connectivity index (χ2n) is 3.04. The molecule has 0 bridgehead atoms. The summed E-state index contributed by atoms with van der Waals surface area (Å²) in [6, 6.07) is 0. The molecule has 2 unspecified atom stereocenters. The summed E-state index contributed by atoms with van der Waals surface area (Å²) in [6.07, 6.45) is 1.41. The Kier molecular flexibility index (Phi) is 7.06. The molecule has 0 saturated heterocycles. The van der Waals surface area contributed by atoms with Crippen LogP contribution >= 0.6 is 0 Å². The molecule has 4 nitrogen and oxygen atoms in total. The fraction of sp³-hybridized carbons (Fsp3) is 0.700. The molecular formula is C10H18O4. The Morgan fingerprint density at radius 1 is 1.64 bits per heavy atom. The van der Waals surface area contributed by atoms with Gasteiger partial charge in [-0.15, -0.1) is 0 Å². The number of hydrogen-bond acceptors (Lipinski definition) is 4. The normalized spacial score (nSPS) is 14.5. The minimum absolute atomic E-state index is 0.162. The van der Waals surface area contributed by atoms with Gasteiger partial charge < -0.3 is 14.6 Å². The summed E-state index contributed by atoms with van der Waals surface area (Å²) in [6.45, 7) is 7.02. The second kappa shape index (κ2) is 7.53. The van der Waals surface area contributed by atoms with Gasteiger partial charge in [0.15, 0.2) is 0 Å². The molecule has 0 aliphatic heterocycles. The molecule has 0 aromatic rings. The molecule has 1 N–H and O–H groups in total. The van der Waals surface area contributed by atoms with Crippen LogP contribution in [0.25, 0.3) is 0 Å². The zero-order valence-electron chi connectivity index (χ0n) is 8.73. The van der Waals surface area contributed by atoms with E-state index in [-0.39, 0.29) is 6.61 Å². The van der Waals surface area contributed by atoms with E-state index in [1.165, 1.54) is 0 Å². The lowest BCUT2D eigenvalue weighted by Crippen LogP contribution is -2.24. The van der Waals surface area contributed by atoms with E-state index < -0.39 is 18.4 Å². The summed E-state index contributed by atoms with van der Waals surface area (Å²) in [7, 11) is 0. The largest absolute Gasteiger partial charge is 0.433 e. The van der Waals surface area contributed by atoms with Crippen LogP contribution in [0, 0.1) is 0 Å². The summed E-state index contributed by atoms with van der Waals surface area (Å²) in [5, 5.41) is 8.98. The topological polar surface area (TPSA) is 55.8 Å². The molecule has 2 atom stereocenters. The Morgan fingerprint density at radius 3 is 2.71 bits per heavy atom. The van der Waals surface area contributed by atoms with Crippen molar-refractivity contribution in [2.75, 3.05) is 6.61 Å². The van der Waals surface area contributed by atoms with Gasteiger partial charge in [-0.2, -0.15) is 0 Å². The number of hydrogen-bond donors (Lipinski definition) is 1. The third-order valence-electron chi connectivity index (χ3n) is 1.46. The van der Waals surface area contributed by atoms with Crippen molar-refractivity contribution in [3.63, 3.8) is 0 Å². The van der Waals surface area contributed by atoms with Crippen LogP contribution in [0.2, 0.25) is 0 Å². The Morgan fingerprint density at radius 2 is 2.29 bits per heavy atom. The first kappa shape index (κ1) is 13.1. The molecule has 0 fully saturated rings. The maximum atomic E-state index is 10.9. The van der Waals surface area contributed by atoms with Crippen molar-refractivity contribution < 1.29 is 19.4 Å². The predicted octanol–water partition coefficient (Wildman–Crippen LogP) is 1.24. The fourth-order valence-electron chi connectivity index (χ4n) is 0.836. The molecule has 0 aromatic carbocycles. The van der Waals surface area contributed by atoms with Crippen LogP contribution in [0.15, 0.2) is 12.7 Å². The molecule has 82 valence electrons. The monoisotopic (exact) mass is 202 g/mol. The number of carbonyl (C=O) groups is 1. The first-order valence-corrected chi connectivity index (χ1v) is 4.72. The van der Waals surface area contributed by atoms with Crippen LogP contribution in [-0.2, 0) is 14.3 Å². The van der Waals surface area contributed by atoms with E-state index in [2.05, 4.69) is 6.58 Å². The van der Waals surface area contributed by atoms with Crippen molar-refractivity contribution in [1.29, 1.82) is 0 Å². The molecule has 0 heterocycles. The molecule has 0 radical (unpaired) electrons.